The van der Waals surface area contributed by atoms with Crippen LogP contribution in [-0.4, -0.2) is 55.0 Å². The van der Waals surface area contributed by atoms with E-state index < -0.39 is 24.5 Å². The maximum atomic E-state index is 11.9. The molecule has 3 amide bonds. The Hall–Kier alpha value is -2.31. The maximum Gasteiger partial charge on any atom is 0.471 e. The molecule has 1 unspecified atom stereocenters. The lowest BCUT2D eigenvalue weighted by Crippen LogP contribution is -2.44. The number of hydrogen-bond donors (Lipinski definition) is 2. The fraction of sp³-hybridized carbons (Fsp3) is 0.800. The minimum absolute atomic E-state index is 0.242. The van der Waals surface area contributed by atoms with Gasteiger partial charge in [0.2, 0.25) is 12.3 Å². The van der Waals surface area contributed by atoms with Gasteiger partial charge in [0.1, 0.15) is 6.04 Å². The van der Waals surface area contributed by atoms with Crippen molar-refractivity contribution in [1.82, 2.24) is 15.5 Å². The van der Waals surface area contributed by atoms with Crippen LogP contribution in [-0.2, 0) is 14.4 Å². The highest BCUT2D eigenvalue weighted by molar-refractivity contribution is 5.87. The second-order valence-electron chi connectivity index (χ2n) is 8.62. The third-order valence-corrected chi connectivity index (χ3v) is 4.97. The molecular weight excluding hydrogens is 401 g/mol. The zero-order valence-electron chi connectivity index (χ0n) is 18.5. The molecule has 1 saturated carbocycles. The zero-order chi connectivity index (χ0) is 23.7. The molecule has 0 radical (unpaired) electrons. The van der Waals surface area contributed by atoms with Gasteiger partial charge in [-0.3, -0.25) is 14.4 Å². The first-order valence-corrected chi connectivity index (χ1v) is 9.94. The monoisotopic (exact) mass is 434 g/mol. The normalized spacial score (nSPS) is 21.6. The number of carbonyl (C=O) groups is 3. The highest BCUT2D eigenvalue weighted by Crippen LogP contribution is 2.61. The van der Waals surface area contributed by atoms with E-state index in [4.69, 9.17) is 5.26 Å². The van der Waals surface area contributed by atoms with Gasteiger partial charge in [-0.2, -0.15) is 18.4 Å². The highest BCUT2D eigenvalue weighted by atomic mass is 19.4. The van der Waals surface area contributed by atoms with Crippen LogP contribution in [0, 0.1) is 34.5 Å². The van der Waals surface area contributed by atoms with Crippen LogP contribution in [0.5, 0.6) is 0 Å². The van der Waals surface area contributed by atoms with E-state index in [1.807, 2.05) is 13.0 Å². The van der Waals surface area contributed by atoms with E-state index in [1.54, 1.807) is 5.32 Å². The number of alkyl halides is 3. The van der Waals surface area contributed by atoms with Gasteiger partial charge in [0.05, 0.1) is 12.6 Å². The van der Waals surface area contributed by atoms with Crippen molar-refractivity contribution in [2.45, 2.75) is 60.2 Å². The number of halogens is 3. The molecule has 2 rings (SSSR count). The lowest BCUT2D eigenvalue weighted by Gasteiger charge is -2.22. The van der Waals surface area contributed by atoms with Gasteiger partial charge in [0.25, 0.3) is 0 Å². The molecule has 2 fully saturated rings. The van der Waals surface area contributed by atoms with Crippen molar-refractivity contribution in [3.8, 4) is 6.07 Å². The van der Waals surface area contributed by atoms with E-state index in [-0.39, 0.29) is 11.5 Å². The molecule has 7 nitrogen and oxygen atoms in total. The Morgan fingerprint density at radius 2 is 1.70 bits per heavy atom. The molecule has 0 bridgehead atoms. The first-order chi connectivity index (χ1) is 13.7. The van der Waals surface area contributed by atoms with Crippen molar-refractivity contribution < 1.29 is 27.6 Å². The van der Waals surface area contributed by atoms with Crippen LogP contribution in [0.3, 0.4) is 0 Å². The van der Waals surface area contributed by atoms with Crippen molar-refractivity contribution in [2.75, 3.05) is 19.6 Å². The van der Waals surface area contributed by atoms with E-state index >= 15 is 0 Å². The molecule has 10 heteroatoms. The highest BCUT2D eigenvalue weighted by Gasteiger charge is 2.62. The second kappa shape index (κ2) is 11.8. The number of fused-ring (bicyclic) bond motifs is 1. The molecule has 0 aromatic carbocycles. The van der Waals surface area contributed by atoms with E-state index in [9.17, 15) is 27.6 Å². The largest absolute Gasteiger partial charge is 0.471 e. The minimum atomic E-state index is -4.94. The zero-order valence-corrected chi connectivity index (χ0v) is 18.5. The number of nitriles is 1. The summed E-state index contributed by atoms with van der Waals surface area (Å²) in [6, 6.07) is 1.60. The van der Waals surface area contributed by atoms with Gasteiger partial charge >= 0.3 is 12.1 Å². The summed E-state index contributed by atoms with van der Waals surface area (Å²) in [5, 5.41) is 12.1. The van der Waals surface area contributed by atoms with Gasteiger partial charge in [0, 0.05) is 13.1 Å². The van der Waals surface area contributed by atoms with Crippen molar-refractivity contribution >= 4 is 18.2 Å². The lowest BCUT2D eigenvalue weighted by molar-refractivity contribution is -0.174. The Labute approximate surface area is 176 Å². The average Bonchev–Trinajstić information content (AvgIpc) is 3.00. The fourth-order valence-electron chi connectivity index (χ4n) is 3.03. The molecule has 2 N–H and O–H groups in total. The van der Waals surface area contributed by atoms with Crippen LogP contribution >= 0.6 is 0 Å². The van der Waals surface area contributed by atoms with Crippen molar-refractivity contribution in [2.24, 2.45) is 23.2 Å². The Morgan fingerprint density at radius 3 is 2.00 bits per heavy atom. The van der Waals surface area contributed by atoms with Crippen LogP contribution < -0.4 is 10.6 Å². The predicted octanol–water partition coefficient (Wildman–Crippen LogP) is 2.48. The second-order valence-corrected chi connectivity index (χ2v) is 8.62. The summed E-state index contributed by atoms with van der Waals surface area (Å²) in [6.07, 6.45) is -3.73. The van der Waals surface area contributed by atoms with Gasteiger partial charge in [-0.1, -0.05) is 41.5 Å². The van der Waals surface area contributed by atoms with Crippen molar-refractivity contribution in [1.29, 1.82) is 5.26 Å². The van der Waals surface area contributed by atoms with Gasteiger partial charge in [-0.25, -0.2) is 0 Å². The van der Waals surface area contributed by atoms with Crippen LogP contribution in [0.4, 0.5) is 13.2 Å². The number of nitrogens with zero attached hydrogens (tertiary/aromatic N) is 2. The quantitative estimate of drug-likeness (QED) is 0.649. The number of hydrogen-bond acceptors (Lipinski definition) is 4. The molecular formula is C20H33F3N4O3. The number of likely N-dealkylation sites (tertiary alicyclic amines) is 1. The van der Waals surface area contributed by atoms with Crippen LogP contribution in [0.2, 0.25) is 0 Å². The first-order valence-electron chi connectivity index (χ1n) is 9.94. The summed E-state index contributed by atoms with van der Waals surface area (Å²) < 4.78 is 35.7. The fourth-order valence-corrected chi connectivity index (χ4v) is 3.03. The smallest absolute Gasteiger partial charge is 0.343 e. The average molecular weight is 435 g/mol. The number of piperidine rings is 1. The van der Waals surface area contributed by atoms with Crippen LogP contribution in [0.25, 0.3) is 0 Å². The molecule has 2 aliphatic rings. The molecule has 172 valence electrons. The molecule has 1 aliphatic carbocycles. The topological polar surface area (TPSA) is 102 Å². The minimum Gasteiger partial charge on any atom is -0.343 e. The van der Waals surface area contributed by atoms with Gasteiger partial charge < -0.3 is 15.5 Å². The summed E-state index contributed by atoms with van der Waals surface area (Å²) in [5.41, 5.74) is 0.242. The SMILES string of the molecule is CC(C)C.CC1(C)[C@@H]2CN(C(=O)CNC(=O)C(F)(F)F)C[C@@H]21.CCC(C#N)NC=O. The van der Waals surface area contributed by atoms with Gasteiger partial charge in [-0.15, -0.1) is 0 Å². The molecule has 1 saturated heterocycles. The Kier molecular flexibility index (Phi) is 10.9. The van der Waals surface area contributed by atoms with Gasteiger partial charge in [-0.05, 0) is 29.6 Å². The van der Waals surface area contributed by atoms with E-state index in [0.717, 1.165) is 5.92 Å². The number of rotatable bonds is 5. The lowest BCUT2D eigenvalue weighted by atomic mass is 10.1. The molecule has 0 aromatic rings. The third-order valence-electron chi connectivity index (χ3n) is 4.97. The van der Waals surface area contributed by atoms with E-state index in [0.29, 0.717) is 37.8 Å². The number of nitrogens with one attached hydrogen (secondary N) is 2. The summed E-state index contributed by atoms with van der Waals surface area (Å²) in [4.78, 5) is 33.3. The van der Waals surface area contributed by atoms with Crippen molar-refractivity contribution in [3.05, 3.63) is 0 Å². The molecule has 0 spiro atoms. The molecule has 3 atom stereocenters. The molecule has 30 heavy (non-hydrogen) atoms. The summed E-state index contributed by atoms with van der Waals surface area (Å²) in [6.45, 7) is 13.2. The standard InChI is InChI=1S/C11H15F3N2O2.C5H8N2O.C4H10/c1-10(2)6-4-16(5-7(6)10)8(17)3-15-9(18)11(12,13)14;1-2-5(3-6)7-4-8;1-4(2)3/h6-7H,3-5H2,1-2H3,(H,15,18);4-5H,2H2,1H3,(H,7,8);4H,1-3H3/t6-,7+;;. The Morgan fingerprint density at radius 1 is 1.23 bits per heavy atom. The molecule has 1 heterocycles. The van der Waals surface area contributed by atoms with E-state index in [1.165, 1.54) is 4.90 Å². The van der Waals surface area contributed by atoms with Crippen molar-refractivity contribution in [3.63, 3.8) is 0 Å². The number of carbonyl (C=O) groups excluding carboxylic acids is 3. The molecule has 0 aromatic heterocycles. The Balaban J connectivity index is 0.000000585. The Bertz CT molecular complexity index is 613. The predicted molar refractivity (Wildman–Crippen MR) is 106 cm³/mol. The summed E-state index contributed by atoms with van der Waals surface area (Å²) in [7, 11) is 0. The van der Waals surface area contributed by atoms with Crippen LogP contribution in [0.15, 0.2) is 0 Å². The van der Waals surface area contributed by atoms with Crippen LogP contribution in [0.1, 0.15) is 48.0 Å². The summed E-state index contributed by atoms with van der Waals surface area (Å²) >= 11 is 0. The summed E-state index contributed by atoms with van der Waals surface area (Å²) in [5.74, 6) is -0.796. The first kappa shape index (κ1) is 27.7. The van der Waals surface area contributed by atoms with E-state index in [2.05, 4.69) is 39.9 Å². The molecule has 1 aliphatic heterocycles. The van der Waals surface area contributed by atoms with Gasteiger partial charge in [0.15, 0.2) is 0 Å². The number of amides is 3. The maximum absolute atomic E-state index is 11.9. The third kappa shape index (κ3) is 9.01.